The van der Waals surface area contributed by atoms with E-state index in [2.05, 4.69) is 27.4 Å². The zero-order chi connectivity index (χ0) is 20.5. The van der Waals surface area contributed by atoms with E-state index in [0.29, 0.717) is 36.5 Å². The van der Waals surface area contributed by atoms with Crippen LogP contribution in [0.15, 0.2) is 34.9 Å². The van der Waals surface area contributed by atoms with Gasteiger partial charge in [0.25, 0.3) is 5.91 Å². The van der Waals surface area contributed by atoms with Gasteiger partial charge in [0.2, 0.25) is 0 Å². The van der Waals surface area contributed by atoms with Crippen LogP contribution < -0.4 is 15.4 Å². The van der Waals surface area contributed by atoms with E-state index < -0.39 is 0 Å². The largest absolute Gasteiger partial charge is 0.417 e. The summed E-state index contributed by atoms with van der Waals surface area (Å²) in [5.74, 6) is 1.12. The van der Waals surface area contributed by atoms with Crippen molar-refractivity contribution in [3.8, 4) is 11.8 Å². The predicted molar refractivity (Wildman–Crippen MR) is 110 cm³/mol. The molecule has 0 radical (unpaired) electrons. The molecule has 2 bridgehead atoms. The zero-order valence-electron chi connectivity index (χ0n) is 17.2. The van der Waals surface area contributed by atoms with Crippen LogP contribution >= 0.6 is 0 Å². The molecule has 4 fully saturated rings. The number of rotatable bonds is 5. The molecule has 1 amide bonds. The Morgan fingerprint density at radius 2 is 2.07 bits per heavy atom. The Morgan fingerprint density at radius 3 is 2.77 bits per heavy atom. The van der Waals surface area contributed by atoms with Gasteiger partial charge in [-0.25, -0.2) is 0 Å². The number of morpholine rings is 1. The summed E-state index contributed by atoms with van der Waals surface area (Å²) in [5.41, 5.74) is 1.38. The lowest BCUT2D eigenvalue weighted by Gasteiger charge is -2.49. The number of amides is 1. The Kier molecular flexibility index (Phi) is 5.45. The summed E-state index contributed by atoms with van der Waals surface area (Å²) in [4.78, 5) is 19.6. The highest BCUT2D eigenvalue weighted by Crippen LogP contribution is 2.32. The summed E-state index contributed by atoms with van der Waals surface area (Å²) in [7, 11) is 0. The van der Waals surface area contributed by atoms with Gasteiger partial charge in [-0.1, -0.05) is 0 Å². The van der Waals surface area contributed by atoms with Gasteiger partial charge < -0.3 is 24.5 Å². The molecule has 0 saturated carbocycles. The molecule has 160 valence electrons. The summed E-state index contributed by atoms with van der Waals surface area (Å²) >= 11 is 0. The van der Waals surface area contributed by atoms with Gasteiger partial charge in [0.15, 0.2) is 0 Å². The van der Waals surface area contributed by atoms with Crippen molar-refractivity contribution in [2.45, 2.75) is 37.9 Å². The van der Waals surface area contributed by atoms with E-state index in [0.717, 1.165) is 25.3 Å². The van der Waals surface area contributed by atoms with Crippen LogP contribution in [0.3, 0.4) is 0 Å². The van der Waals surface area contributed by atoms with E-state index in [9.17, 15) is 4.79 Å². The second kappa shape index (κ2) is 8.37. The van der Waals surface area contributed by atoms with Crippen molar-refractivity contribution < 1.29 is 18.7 Å². The van der Waals surface area contributed by atoms with Gasteiger partial charge in [-0.2, -0.15) is 4.98 Å². The molecule has 2 aromatic rings. The van der Waals surface area contributed by atoms with Crippen molar-refractivity contribution >= 4 is 5.91 Å². The highest BCUT2D eigenvalue weighted by molar-refractivity contribution is 5.94. The fourth-order valence-electron chi connectivity index (χ4n) is 4.79. The maximum atomic E-state index is 12.8. The number of fused-ring (bicyclic) bond motifs is 3. The maximum Gasteiger partial charge on any atom is 0.399 e. The summed E-state index contributed by atoms with van der Waals surface area (Å²) in [6, 6.07) is 7.71. The van der Waals surface area contributed by atoms with E-state index in [1.165, 1.54) is 12.8 Å². The Bertz CT molecular complexity index is 868. The standard InChI is InChI=1S/C22H28N4O4/c1-14-20(15-6-9-26(14)10-7-15)25-21(27)16-2-4-17(5-3-16)30-22-24-19(13-29-22)18-12-28-11-8-23-18/h2-5,13-15,18,20,23H,6-12H2,1H3,(H,25,27)/t14-,18?,20-/m0/s1. The van der Waals surface area contributed by atoms with Crippen molar-refractivity contribution in [1.29, 1.82) is 0 Å². The minimum absolute atomic E-state index is 0.0136. The van der Waals surface area contributed by atoms with Gasteiger partial charge >= 0.3 is 6.08 Å². The van der Waals surface area contributed by atoms with Crippen LogP contribution in [0.4, 0.5) is 0 Å². The quantitative estimate of drug-likeness (QED) is 0.779. The predicted octanol–water partition coefficient (Wildman–Crippen LogP) is 2.34. The second-order valence-corrected chi connectivity index (χ2v) is 8.36. The second-order valence-electron chi connectivity index (χ2n) is 8.36. The molecule has 4 aliphatic heterocycles. The lowest BCUT2D eigenvalue weighted by Crippen LogP contribution is -2.62. The Morgan fingerprint density at radius 1 is 1.27 bits per heavy atom. The van der Waals surface area contributed by atoms with Crippen molar-refractivity contribution in [2.75, 3.05) is 32.8 Å². The van der Waals surface area contributed by atoms with Crippen LogP contribution in [-0.4, -0.2) is 60.7 Å². The first-order chi connectivity index (χ1) is 14.7. The molecule has 4 aliphatic rings. The number of hydrogen-bond donors (Lipinski definition) is 2. The fraction of sp³-hybridized carbons (Fsp3) is 0.545. The molecule has 1 aromatic carbocycles. The summed E-state index contributed by atoms with van der Waals surface area (Å²) in [5, 5.41) is 6.58. The van der Waals surface area contributed by atoms with Crippen molar-refractivity contribution in [2.24, 2.45) is 5.92 Å². The van der Waals surface area contributed by atoms with Gasteiger partial charge in [-0.05, 0) is 63.0 Å². The van der Waals surface area contributed by atoms with Crippen LogP contribution in [0.25, 0.3) is 0 Å². The normalized spacial score (nSPS) is 30.8. The number of benzene rings is 1. The first-order valence-electron chi connectivity index (χ1n) is 10.8. The SMILES string of the molecule is C[C@H]1[C@H](NC(=O)c2ccc(Oc3nc(C4COCCN4)co3)cc2)C2CCN1CC2. The van der Waals surface area contributed by atoms with E-state index in [4.69, 9.17) is 13.9 Å². The number of nitrogens with one attached hydrogen (secondary N) is 2. The Balaban J connectivity index is 1.19. The molecule has 5 heterocycles. The molecule has 3 atom stereocenters. The van der Waals surface area contributed by atoms with Gasteiger partial charge in [-0.15, -0.1) is 0 Å². The van der Waals surface area contributed by atoms with Gasteiger partial charge in [0.05, 0.1) is 19.3 Å². The number of carbonyl (C=O) groups excluding carboxylic acids is 1. The minimum Gasteiger partial charge on any atom is -0.417 e. The van der Waals surface area contributed by atoms with Crippen molar-refractivity contribution in [3.05, 3.63) is 41.8 Å². The maximum absolute atomic E-state index is 12.8. The lowest BCUT2D eigenvalue weighted by atomic mass is 9.79. The van der Waals surface area contributed by atoms with E-state index in [1.54, 1.807) is 30.5 Å². The molecule has 0 spiro atoms. The number of carbonyl (C=O) groups is 1. The number of oxazole rings is 1. The number of nitrogens with zero attached hydrogens (tertiary/aromatic N) is 2. The lowest BCUT2D eigenvalue weighted by molar-refractivity contribution is 0.0217. The smallest absolute Gasteiger partial charge is 0.399 e. The first-order valence-corrected chi connectivity index (χ1v) is 10.8. The highest BCUT2D eigenvalue weighted by Gasteiger charge is 2.40. The van der Waals surface area contributed by atoms with Crippen molar-refractivity contribution in [1.82, 2.24) is 20.5 Å². The van der Waals surface area contributed by atoms with Crippen molar-refractivity contribution in [3.63, 3.8) is 0 Å². The third kappa shape index (κ3) is 3.95. The summed E-state index contributed by atoms with van der Waals surface area (Å²) in [6.07, 6.45) is 4.10. The fourth-order valence-corrected chi connectivity index (χ4v) is 4.79. The molecule has 4 saturated heterocycles. The third-order valence-electron chi connectivity index (χ3n) is 6.58. The molecule has 8 heteroatoms. The average Bonchev–Trinajstić information content (AvgIpc) is 3.26. The van der Waals surface area contributed by atoms with E-state index in [1.807, 2.05) is 0 Å². The highest BCUT2D eigenvalue weighted by atomic mass is 16.6. The number of ether oxygens (including phenoxy) is 2. The van der Waals surface area contributed by atoms with Gasteiger partial charge in [0, 0.05) is 24.2 Å². The van der Waals surface area contributed by atoms with Crippen LogP contribution in [0.1, 0.15) is 41.9 Å². The topological polar surface area (TPSA) is 88.9 Å². The number of hydrogen-bond acceptors (Lipinski definition) is 7. The van der Waals surface area contributed by atoms with Gasteiger partial charge in [0.1, 0.15) is 17.7 Å². The molecule has 1 aromatic heterocycles. The summed E-state index contributed by atoms with van der Waals surface area (Å²) < 4.78 is 16.6. The molecule has 0 aliphatic carbocycles. The van der Waals surface area contributed by atoms with Crippen LogP contribution in [0.2, 0.25) is 0 Å². The van der Waals surface area contributed by atoms with E-state index in [-0.39, 0.29) is 24.1 Å². The molecule has 2 N–H and O–H groups in total. The zero-order valence-corrected chi connectivity index (χ0v) is 17.2. The molecule has 30 heavy (non-hydrogen) atoms. The van der Waals surface area contributed by atoms with Gasteiger partial charge in [-0.3, -0.25) is 9.69 Å². The number of aromatic nitrogens is 1. The molecule has 8 nitrogen and oxygen atoms in total. The molecule has 1 unspecified atom stereocenters. The average molecular weight is 412 g/mol. The van der Waals surface area contributed by atoms with Crippen LogP contribution in [0.5, 0.6) is 11.8 Å². The number of piperidine rings is 3. The Labute approximate surface area is 175 Å². The van der Waals surface area contributed by atoms with E-state index >= 15 is 0 Å². The van der Waals surface area contributed by atoms with Crippen LogP contribution in [0, 0.1) is 5.92 Å². The first kappa shape index (κ1) is 19.5. The molecule has 6 rings (SSSR count). The third-order valence-corrected chi connectivity index (χ3v) is 6.58. The molecular weight excluding hydrogens is 384 g/mol. The summed E-state index contributed by atoms with van der Waals surface area (Å²) in [6.45, 7) is 6.57. The Hall–Kier alpha value is -2.42. The monoisotopic (exact) mass is 412 g/mol. The van der Waals surface area contributed by atoms with Crippen LogP contribution in [-0.2, 0) is 4.74 Å². The minimum atomic E-state index is -0.0334. The molecular formula is C22H28N4O4.